The van der Waals surface area contributed by atoms with Crippen molar-refractivity contribution in [3.63, 3.8) is 0 Å². The van der Waals surface area contributed by atoms with E-state index in [1.807, 2.05) is 45.2 Å². The summed E-state index contributed by atoms with van der Waals surface area (Å²) in [6.07, 6.45) is 3.91. The maximum absolute atomic E-state index is 12.6. The number of nitrogens with one attached hydrogen (secondary N) is 2. The number of benzene rings is 1. The minimum atomic E-state index is -1.04. The Balaban J connectivity index is 1.51. The number of nitrogens with two attached hydrogens (primary N) is 1. The normalized spacial score (nSPS) is 22.9. The molecule has 2 unspecified atom stereocenters. The predicted molar refractivity (Wildman–Crippen MR) is 106 cm³/mol. The first-order valence-electron chi connectivity index (χ1n) is 9.36. The third-order valence-corrected chi connectivity index (χ3v) is 5.56. The molecule has 0 saturated heterocycles. The van der Waals surface area contributed by atoms with Crippen LogP contribution < -0.4 is 16.4 Å². The Kier molecular flexibility index (Phi) is 5.53. The summed E-state index contributed by atoms with van der Waals surface area (Å²) in [5, 5.41) is 9.56. The molecule has 8 nitrogen and oxygen atoms in total. The van der Waals surface area contributed by atoms with Crippen molar-refractivity contribution in [3.8, 4) is 5.69 Å². The number of amides is 2. The molecule has 1 aromatic carbocycles. The van der Waals surface area contributed by atoms with Gasteiger partial charge in [-0.3, -0.25) is 9.59 Å². The van der Waals surface area contributed by atoms with E-state index >= 15 is 0 Å². The van der Waals surface area contributed by atoms with E-state index < -0.39 is 11.0 Å². The van der Waals surface area contributed by atoms with Gasteiger partial charge in [-0.25, -0.2) is 4.68 Å². The van der Waals surface area contributed by atoms with Crippen molar-refractivity contribution in [1.29, 1.82) is 0 Å². The fourth-order valence-corrected chi connectivity index (χ4v) is 3.46. The Morgan fingerprint density at radius 2 is 2.04 bits per heavy atom. The highest BCUT2D eigenvalue weighted by Gasteiger charge is 2.62. The van der Waals surface area contributed by atoms with Crippen LogP contribution in [0.1, 0.15) is 27.2 Å². The topological polar surface area (TPSA) is 111 Å². The van der Waals surface area contributed by atoms with Gasteiger partial charge in [0.1, 0.15) is 5.54 Å². The van der Waals surface area contributed by atoms with Crippen molar-refractivity contribution >= 4 is 17.5 Å². The number of aromatic nitrogens is 2. The highest BCUT2D eigenvalue weighted by atomic mass is 16.5. The van der Waals surface area contributed by atoms with Gasteiger partial charge in [-0.1, -0.05) is 13.8 Å². The molecule has 1 aliphatic rings. The molecule has 4 N–H and O–H groups in total. The molecule has 1 aliphatic carbocycles. The molecule has 2 aromatic rings. The van der Waals surface area contributed by atoms with E-state index in [0.717, 1.165) is 5.69 Å². The molecule has 1 saturated carbocycles. The molecule has 1 fully saturated rings. The Bertz CT molecular complexity index is 832. The number of hydrogen-bond donors (Lipinski definition) is 3. The molecular weight excluding hydrogens is 358 g/mol. The third-order valence-electron chi connectivity index (χ3n) is 5.56. The van der Waals surface area contributed by atoms with Gasteiger partial charge in [-0.05, 0) is 37.3 Å². The van der Waals surface area contributed by atoms with Crippen LogP contribution in [-0.2, 0) is 14.3 Å². The summed E-state index contributed by atoms with van der Waals surface area (Å²) in [5.41, 5.74) is 6.30. The molecular formula is C20H27N5O3. The number of nitrogens with zero attached hydrogens (tertiary/aromatic N) is 2. The SMILES string of the molecule is CCOC1CC(N)(C(=O)NCC(=O)Nc2ccc(-n3cccn3)cc2)C1(C)C. The first-order valence-corrected chi connectivity index (χ1v) is 9.36. The molecule has 150 valence electrons. The van der Waals surface area contributed by atoms with Crippen molar-refractivity contribution in [1.82, 2.24) is 15.1 Å². The summed E-state index contributed by atoms with van der Waals surface area (Å²) < 4.78 is 7.36. The molecule has 1 aromatic heterocycles. The molecule has 0 bridgehead atoms. The minimum Gasteiger partial charge on any atom is -0.378 e. The first-order chi connectivity index (χ1) is 13.3. The molecule has 2 atom stereocenters. The quantitative estimate of drug-likeness (QED) is 0.668. The van der Waals surface area contributed by atoms with E-state index in [9.17, 15) is 9.59 Å². The maximum atomic E-state index is 12.6. The highest BCUT2D eigenvalue weighted by Crippen LogP contribution is 2.49. The molecule has 0 radical (unpaired) electrons. The van der Waals surface area contributed by atoms with E-state index in [-0.39, 0.29) is 24.5 Å². The molecule has 1 heterocycles. The van der Waals surface area contributed by atoms with Crippen molar-refractivity contribution in [2.75, 3.05) is 18.5 Å². The molecule has 28 heavy (non-hydrogen) atoms. The van der Waals surface area contributed by atoms with Crippen molar-refractivity contribution in [2.45, 2.75) is 38.8 Å². The molecule has 3 rings (SSSR count). The second kappa shape index (κ2) is 7.73. The van der Waals surface area contributed by atoms with Crippen molar-refractivity contribution in [2.24, 2.45) is 11.1 Å². The molecule has 0 aliphatic heterocycles. The summed E-state index contributed by atoms with van der Waals surface area (Å²) in [5.74, 6) is -0.653. The van der Waals surface area contributed by atoms with E-state index in [1.54, 1.807) is 23.0 Å². The van der Waals surface area contributed by atoms with E-state index in [1.165, 1.54) is 0 Å². The standard InChI is InChI=1S/C20H27N5O3/c1-4-28-16-12-20(21,19(16,2)3)18(27)22-13-17(26)24-14-6-8-15(9-7-14)25-11-5-10-23-25/h5-11,16H,4,12-13,21H2,1-3H3,(H,22,27)(H,24,26). The lowest BCUT2D eigenvalue weighted by atomic mass is 9.54. The fourth-order valence-electron chi connectivity index (χ4n) is 3.46. The first kappa shape index (κ1) is 20.0. The molecule has 2 amide bonds. The number of carbonyl (C=O) groups excluding carboxylic acids is 2. The van der Waals surface area contributed by atoms with Crippen LogP contribution in [0.5, 0.6) is 0 Å². The number of anilines is 1. The van der Waals surface area contributed by atoms with Crippen LogP contribution in [0.25, 0.3) is 5.69 Å². The van der Waals surface area contributed by atoms with Crippen LogP contribution in [0.4, 0.5) is 5.69 Å². The molecule has 0 spiro atoms. The van der Waals surface area contributed by atoms with Gasteiger partial charge in [0.25, 0.3) is 0 Å². The summed E-state index contributed by atoms with van der Waals surface area (Å²) in [4.78, 5) is 24.7. The van der Waals surface area contributed by atoms with E-state index in [0.29, 0.717) is 18.7 Å². The van der Waals surface area contributed by atoms with Crippen LogP contribution in [0.3, 0.4) is 0 Å². The zero-order chi connectivity index (χ0) is 20.4. The van der Waals surface area contributed by atoms with E-state index in [4.69, 9.17) is 10.5 Å². The molecule has 8 heteroatoms. The Morgan fingerprint density at radius 1 is 1.32 bits per heavy atom. The number of carbonyl (C=O) groups is 2. The van der Waals surface area contributed by atoms with Crippen LogP contribution in [-0.4, -0.2) is 46.4 Å². The summed E-state index contributed by atoms with van der Waals surface area (Å²) >= 11 is 0. The average molecular weight is 385 g/mol. The smallest absolute Gasteiger partial charge is 0.243 e. The van der Waals surface area contributed by atoms with Gasteiger partial charge in [-0.2, -0.15) is 5.10 Å². The minimum absolute atomic E-state index is 0.0598. The highest BCUT2D eigenvalue weighted by molar-refractivity contribution is 5.97. The zero-order valence-corrected chi connectivity index (χ0v) is 16.4. The Hall–Kier alpha value is -2.71. The Morgan fingerprint density at radius 3 is 2.61 bits per heavy atom. The Labute approximate surface area is 164 Å². The van der Waals surface area contributed by atoms with E-state index in [2.05, 4.69) is 15.7 Å². The second-order valence-electron chi connectivity index (χ2n) is 7.57. The lowest BCUT2D eigenvalue weighted by molar-refractivity contribution is -0.170. The third kappa shape index (κ3) is 3.65. The summed E-state index contributed by atoms with van der Waals surface area (Å²) in [6.45, 7) is 6.18. The largest absolute Gasteiger partial charge is 0.378 e. The van der Waals surface area contributed by atoms with Gasteiger partial charge in [-0.15, -0.1) is 0 Å². The van der Waals surface area contributed by atoms with Crippen LogP contribution in [0, 0.1) is 5.41 Å². The van der Waals surface area contributed by atoms with Crippen LogP contribution in [0.15, 0.2) is 42.7 Å². The lowest BCUT2D eigenvalue weighted by Crippen LogP contribution is -2.76. The average Bonchev–Trinajstić information content (AvgIpc) is 3.21. The lowest BCUT2D eigenvalue weighted by Gasteiger charge is -2.57. The number of ether oxygens (including phenoxy) is 1. The van der Waals surface area contributed by atoms with Gasteiger partial charge in [0.05, 0.1) is 18.3 Å². The summed E-state index contributed by atoms with van der Waals surface area (Å²) in [6, 6.07) is 9.09. The monoisotopic (exact) mass is 385 g/mol. The van der Waals surface area contributed by atoms with Gasteiger partial charge in [0, 0.05) is 36.5 Å². The second-order valence-corrected chi connectivity index (χ2v) is 7.57. The van der Waals surface area contributed by atoms with Gasteiger partial charge in [0.15, 0.2) is 0 Å². The van der Waals surface area contributed by atoms with Crippen LogP contribution in [0.2, 0.25) is 0 Å². The summed E-state index contributed by atoms with van der Waals surface area (Å²) in [7, 11) is 0. The zero-order valence-electron chi connectivity index (χ0n) is 16.4. The van der Waals surface area contributed by atoms with Crippen molar-refractivity contribution in [3.05, 3.63) is 42.7 Å². The maximum Gasteiger partial charge on any atom is 0.243 e. The predicted octanol–water partition coefficient (Wildman–Crippen LogP) is 1.46. The van der Waals surface area contributed by atoms with Crippen LogP contribution >= 0.6 is 0 Å². The van der Waals surface area contributed by atoms with Gasteiger partial charge in [0.2, 0.25) is 11.8 Å². The van der Waals surface area contributed by atoms with Gasteiger partial charge < -0.3 is 21.1 Å². The number of hydrogen-bond acceptors (Lipinski definition) is 5. The van der Waals surface area contributed by atoms with Gasteiger partial charge >= 0.3 is 0 Å². The number of rotatable bonds is 7. The fraction of sp³-hybridized carbons (Fsp3) is 0.450. The van der Waals surface area contributed by atoms with Crippen molar-refractivity contribution < 1.29 is 14.3 Å².